The third-order valence-electron chi connectivity index (χ3n) is 13.5. The van der Waals surface area contributed by atoms with Gasteiger partial charge in [0.05, 0.1) is 0 Å². The smallest absolute Gasteiger partial charge is 0.331 e. The fraction of sp³-hybridized carbons (Fsp3) is 0.174. The van der Waals surface area contributed by atoms with Crippen LogP contribution in [0.5, 0.6) is 35.3 Å². The van der Waals surface area contributed by atoms with Crippen molar-refractivity contribution in [3.05, 3.63) is 253 Å². The van der Waals surface area contributed by atoms with E-state index < -0.39 is 0 Å². The first-order chi connectivity index (χ1) is 37.5. The summed E-state index contributed by atoms with van der Waals surface area (Å²) in [6.07, 6.45) is 0. The molecule has 0 aliphatic rings. The molecule has 1 heterocycles. The minimum Gasteiger partial charge on any atom is -0.424 e. The number of aromatic nitrogens is 3. The second-order valence-corrected chi connectivity index (χ2v) is 22.4. The molecular formula is C69H66N6O3. The topological polar surface area (TPSA) is 76.1 Å². The number of nitrogens with zero attached hydrogens (tertiary/aromatic N) is 6. The minimum absolute atomic E-state index is 0.00316. The molecule has 0 spiro atoms. The van der Waals surface area contributed by atoms with Crippen LogP contribution in [-0.4, -0.2) is 15.0 Å². The Kier molecular flexibility index (Phi) is 14.8. The first-order valence-electron chi connectivity index (χ1n) is 26.5. The van der Waals surface area contributed by atoms with Gasteiger partial charge in [0, 0.05) is 51.2 Å². The Morgan fingerprint density at radius 1 is 0.231 bits per heavy atom. The van der Waals surface area contributed by atoms with E-state index in [0.717, 1.165) is 51.2 Å². The number of ether oxygens (including phenoxy) is 3. The van der Waals surface area contributed by atoms with Crippen molar-refractivity contribution in [3.8, 4) is 35.3 Å². The van der Waals surface area contributed by atoms with Gasteiger partial charge >= 0.3 is 18.0 Å². The van der Waals surface area contributed by atoms with Crippen molar-refractivity contribution in [1.82, 2.24) is 15.0 Å². The summed E-state index contributed by atoms with van der Waals surface area (Å²) in [4.78, 5) is 20.7. The Bertz CT molecular complexity index is 3150. The van der Waals surface area contributed by atoms with Crippen molar-refractivity contribution in [1.29, 1.82) is 0 Å². The predicted molar refractivity (Wildman–Crippen MR) is 320 cm³/mol. The lowest BCUT2D eigenvalue weighted by Gasteiger charge is -2.27. The zero-order chi connectivity index (χ0) is 54.4. The molecule has 390 valence electrons. The molecule has 0 N–H and O–H groups in total. The zero-order valence-corrected chi connectivity index (χ0v) is 45.9. The lowest BCUT2D eigenvalue weighted by Crippen LogP contribution is -2.13. The molecule has 1 aromatic heterocycles. The average molecular weight is 1030 g/mol. The maximum atomic E-state index is 6.44. The van der Waals surface area contributed by atoms with Gasteiger partial charge in [0.25, 0.3) is 0 Å². The van der Waals surface area contributed by atoms with Crippen molar-refractivity contribution in [2.75, 3.05) is 14.7 Å². The van der Waals surface area contributed by atoms with Gasteiger partial charge < -0.3 is 28.9 Å². The van der Waals surface area contributed by atoms with E-state index in [4.69, 9.17) is 14.2 Å². The Morgan fingerprint density at radius 2 is 0.410 bits per heavy atom. The van der Waals surface area contributed by atoms with Gasteiger partial charge in [-0.05, 0) is 179 Å². The van der Waals surface area contributed by atoms with Crippen LogP contribution in [0.1, 0.15) is 79.0 Å². The van der Waals surface area contributed by atoms with Crippen molar-refractivity contribution < 1.29 is 14.2 Å². The van der Waals surface area contributed by atoms with Crippen LogP contribution in [-0.2, 0) is 16.2 Å². The first kappa shape index (κ1) is 52.2. The van der Waals surface area contributed by atoms with Crippen molar-refractivity contribution in [3.63, 3.8) is 0 Å². The molecule has 9 aromatic carbocycles. The van der Waals surface area contributed by atoms with E-state index in [0.29, 0.717) is 17.2 Å². The number of hydrogen-bond donors (Lipinski definition) is 0. The molecule has 10 aromatic rings. The van der Waals surface area contributed by atoms with Crippen LogP contribution in [0.25, 0.3) is 0 Å². The van der Waals surface area contributed by atoms with Crippen LogP contribution in [0.2, 0.25) is 0 Å². The van der Waals surface area contributed by atoms with Crippen molar-refractivity contribution >= 4 is 51.2 Å². The molecule has 10 rings (SSSR count). The van der Waals surface area contributed by atoms with Gasteiger partial charge in [-0.1, -0.05) is 153 Å². The predicted octanol–water partition coefficient (Wildman–Crippen LogP) is 19.6. The van der Waals surface area contributed by atoms with E-state index in [1.165, 1.54) is 16.7 Å². The summed E-state index contributed by atoms with van der Waals surface area (Å²) in [6.45, 7) is 20.0. The monoisotopic (exact) mass is 1030 g/mol. The fourth-order valence-electron chi connectivity index (χ4n) is 9.17. The third kappa shape index (κ3) is 12.4. The van der Waals surface area contributed by atoms with Crippen LogP contribution in [0.3, 0.4) is 0 Å². The number of para-hydroxylation sites is 3. The molecule has 0 aliphatic carbocycles. The highest BCUT2D eigenvalue weighted by Crippen LogP contribution is 2.41. The molecule has 0 fully saturated rings. The van der Waals surface area contributed by atoms with E-state index >= 15 is 0 Å². The Labute approximate surface area is 460 Å². The highest BCUT2D eigenvalue weighted by atomic mass is 16.5. The normalized spacial score (nSPS) is 11.7. The van der Waals surface area contributed by atoms with Gasteiger partial charge in [-0.2, -0.15) is 0 Å². The molecule has 0 saturated heterocycles. The molecule has 0 atom stereocenters. The average Bonchev–Trinajstić information content (AvgIpc) is 3.43. The number of hydrogen-bond acceptors (Lipinski definition) is 9. The van der Waals surface area contributed by atoms with Crippen molar-refractivity contribution in [2.24, 2.45) is 0 Å². The summed E-state index contributed by atoms with van der Waals surface area (Å²) in [5.41, 5.74) is 12.9. The highest BCUT2D eigenvalue weighted by molar-refractivity contribution is 5.79. The van der Waals surface area contributed by atoms with Crippen LogP contribution in [0.4, 0.5) is 51.2 Å². The summed E-state index contributed by atoms with van der Waals surface area (Å²) in [7, 11) is 0. The Hall–Kier alpha value is -9.21. The van der Waals surface area contributed by atoms with E-state index in [1.807, 2.05) is 127 Å². The maximum Gasteiger partial charge on any atom is 0.331 e. The molecule has 0 unspecified atom stereocenters. The lowest BCUT2D eigenvalue weighted by atomic mass is 9.87. The van der Waals surface area contributed by atoms with Crippen LogP contribution in [0, 0.1) is 0 Å². The fourth-order valence-corrected chi connectivity index (χ4v) is 9.17. The van der Waals surface area contributed by atoms with Crippen LogP contribution >= 0.6 is 0 Å². The molecule has 0 aliphatic heterocycles. The maximum absolute atomic E-state index is 6.44. The summed E-state index contributed by atoms with van der Waals surface area (Å²) >= 11 is 0. The molecule has 0 saturated carbocycles. The van der Waals surface area contributed by atoms with E-state index in [1.54, 1.807) is 0 Å². The molecule has 9 nitrogen and oxygen atoms in total. The summed E-state index contributed by atoms with van der Waals surface area (Å²) in [5, 5.41) is 0. The molecule has 0 radical (unpaired) electrons. The van der Waals surface area contributed by atoms with Gasteiger partial charge in [-0.25, -0.2) is 0 Å². The van der Waals surface area contributed by atoms with Gasteiger partial charge in [-0.15, -0.1) is 15.0 Å². The van der Waals surface area contributed by atoms with Crippen LogP contribution < -0.4 is 28.9 Å². The number of anilines is 9. The standard InChI is InChI=1S/C69H66N6O3/c1-67(2,3)49-25-31-55(32-26-49)73(52-19-13-10-14-20-52)58-37-43-61(44-38-58)76-64-70-65(77-62-45-39-59(40-46-62)74(53-21-15-11-16-22-53)56-33-27-50(28-34-56)68(4,5)6)72-66(71-64)78-63-47-41-60(42-48-63)75(54-23-17-12-18-24-54)57-35-29-51(30-36-57)69(7,8)9/h10-48H,1-9H3. The molecule has 0 amide bonds. The molecule has 78 heavy (non-hydrogen) atoms. The van der Waals surface area contributed by atoms with Gasteiger partial charge in [0.1, 0.15) is 17.2 Å². The Balaban J connectivity index is 0.958. The summed E-state index contributed by atoms with van der Waals surface area (Å²) in [5.74, 6) is 1.54. The highest BCUT2D eigenvalue weighted by Gasteiger charge is 2.21. The summed E-state index contributed by atoms with van der Waals surface area (Å²) < 4.78 is 19.3. The SMILES string of the molecule is CC(C)(C)c1ccc(N(c2ccccc2)c2ccc(Oc3nc(Oc4ccc(N(c5ccccc5)c5ccc(C(C)(C)C)cc5)cc4)nc(Oc4ccc(N(c5ccccc5)c5ccc(C(C)(C)C)cc5)cc4)n3)cc2)cc1. The zero-order valence-electron chi connectivity index (χ0n) is 45.9. The number of rotatable bonds is 15. The van der Waals surface area contributed by atoms with E-state index in [2.05, 4.69) is 201 Å². The third-order valence-corrected chi connectivity index (χ3v) is 13.5. The second kappa shape index (κ2) is 22.2. The van der Waals surface area contributed by atoms with E-state index in [-0.39, 0.29) is 34.3 Å². The van der Waals surface area contributed by atoms with Crippen LogP contribution in [0.15, 0.2) is 237 Å². The van der Waals surface area contributed by atoms with Crippen molar-refractivity contribution in [2.45, 2.75) is 78.6 Å². The minimum atomic E-state index is -0.00316. The van der Waals surface area contributed by atoms with E-state index in [9.17, 15) is 0 Å². The molecule has 9 heteroatoms. The largest absolute Gasteiger partial charge is 0.424 e. The van der Waals surface area contributed by atoms with Gasteiger partial charge in [-0.3, -0.25) is 0 Å². The first-order valence-corrected chi connectivity index (χ1v) is 26.5. The summed E-state index contributed by atoms with van der Waals surface area (Å²) in [6, 6.07) is 80.7. The lowest BCUT2D eigenvalue weighted by molar-refractivity contribution is 0.362. The number of benzene rings is 9. The quantitative estimate of drug-likeness (QED) is 0.0998. The van der Waals surface area contributed by atoms with Gasteiger partial charge in [0.15, 0.2) is 0 Å². The Morgan fingerprint density at radius 3 is 0.603 bits per heavy atom. The second-order valence-electron chi connectivity index (χ2n) is 22.4. The van der Waals surface area contributed by atoms with Gasteiger partial charge in [0.2, 0.25) is 0 Å². The molecular weight excluding hydrogens is 961 g/mol. The molecule has 0 bridgehead atoms.